The minimum absolute atomic E-state index is 0.811. The number of hydrogen-bond acceptors (Lipinski definition) is 1. The third-order valence-electron chi connectivity index (χ3n) is 6.81. The highest BCUT2D eigenvalue weighted by Gasteiger charge is 2.23. The Kier molecular flexibility index (Phi) is 7.08. The van der Waals surface area contributed by atoms with E-state index >= 15 is 0 Å². The number of thiophene rings is 1. The Morgan fingerprint density at radius 3 is 2.07 bits per heavy atom. The van der Waals surface area contributed by atoms with E-state index in [0.717, 1.165) is 24.7 Å². The molecule has 0 aliphatic heterocycles. The van der Waals surface area contributed by atoms with Crippen LogP contribution in [0.1, 0.15) is 86.3 Å². The fourth-order valence-corrected chi connectivity index (χ4v) is 6.34. The number of benzene rings is 2. The van der Waals surface area contributed by atoms with E-state index in [-0.39, 0.29) is 0 Å². The molecule has 1 aliphatic carbocycles. The summed E-state index contributed by atoms with van der Waals surface area (Å²) in [6, 6.07) is 18.9. The lowest BCUT2D eigenvalue weighted by atomic mass is 9.79. The zero-order valence-corrected chi connectivity index (χ0v) is 19.1. The van der Waals surface area contributed by atoms with Crippen LogP contribution >= 0.6 is 11.3 Å². The highest BCUT2D eigenvalue weighted by Crippen LogP contribution is 2.41. The molecule has 3 aromatic rings. The largest absolute Gasteiger partial charge is 0.140 e. The van der Waals surface area contributed by atoms with Gasteiger partial charge in [0.05, 0.1) is 0 Å². The first kappa shape index (κ1) is 20.7. The summed E-state index contributed by atoms with van der Waals surface area (Å²) in [6.45, 7) is 4.58. The zero-order valence-electron chi connectivity index (χ0n) is 18.3. The molecule has 0 spiro atoms. The fourth-order valence-electron chi connectivity index (χ4n) is 5.05. The van der Waals surface area contributed by atoms with Gasteiger partial charge in [0.2, 0.25) is 0 Å². The molecule has 0 atom stereocenters. The predicted octanol–water partition coefficient (Wildman–Crippen LogP) is 8.71. The number of rotatable bonds is 8. The van der Waals surface area contributed by atoms with Crippen LogP contribution in [0.5, 0.6) is 0 Å². The van der Waals surface area contributed by atoms with Crippen molar-refractivity contribution >= 4 is 21.4 Å². The van der Waals surface area contributed by atoms with Gasteiger partial charge >= 0.3 is 0 Å². The summed E-state index contributed by atoms with van der Waals surface area (Å²) >= 11 is 2.06. The molecule has 0 radical (unpaired) electrons. The van der Waals surface area contributed by atoms with Gasteiger partial charge in [-0.3, -0.25) is 0 Å². The molecule has 1 saturated carbocycles. The molecule has 2 aromatic carbocycles. The fraction of sp³-hybridized carbons (Fsp3) is 0.500. The second kappa shape index (κ2) is 9.94. The third-order valence-corrected chi connectivity index (χ3v) is 8.07. The number of hydrogen-bond donors (Lipinski definition) is 0. The molecule has 154 valence electrons. The summed E-state index contributed by atoms with van der Waals surface area (Å²) in [4.78, 5) is 1.64. The van der Waals surface area contributed by atoms with Crippen LogP contribution in [0, 0.1) is 5.92 Å². The van der Waals surface area contributed by atoms with Crippen molar-refractivity contribution in [3.63, 3.8) is 0 Å². The van der Waals surface area contributed by atoms with E-state index in [1.807, 2.05) is 0 Å². The van der Waals surface area contributed by atoms with Crippen molar-refractivity contribution in [3.05, 3.63) is 70.1 Å². The summed E-state index contributed by atoms with van der Waals surface area (Å²) in [6.07, 6.45) is 13.2. The van der Waals surface area contributed by atoms with E-state index in [9.17, 15) is 0 Å². The summed E-state index contributed by atoms with van der Waals surface area (Å²) in [5.74, 6) is 1.80. The Bertz CT molecular complexity index is 894. The van der Waals surface area contributed by atoms with Gasteiger partial charge in [-0.15, -0.1) is 11.3 Å². The standard InChI is InChI=1S/C28H36S/c1-3-5-21-7-9-23(10-8-21)11-12-24-15-18-26-20-28(29-27(26)19-24)25-16-13-22(6-4-2)14-17-25/h7-10,15,18-20,22,25H,3-6,11-14,16-17H2,1-2H3. The summed E-state index contributed by atoms with van der Waals surface area (Å²) in [5, 5.41) is 1.45. The molecule has 0 saturated heterocycles. The van der Waals surface area contributed by atoms with Gasteiger partial charge in [0.15, 0.2) is 0 Å². The molecule has 1 aromatic heterocycles. The van der Waals surface area contributed by atoms with Gasteiger partial charge in [0.1, 0.15) is 0 Å². The highest BCUT2D eigenvalue weighted by atomic mass is 32.1. The zero-order chi connectivity index (χ0) is 20.1. The van der Waals surface area contributed by atoms with Gasteiger partial charge in [-0.1, -0.05) is 69.5 Å². The van der Waals surface area contributed by atoms with Crippen LogP contribution in [0.3, 0.4) is 0 Å². The van der Waals surface area contributed by atoms with Crippen molar-refractivity contribution in [1.82, 2.24) is 0 Å². The second-order valence-corrected chi connectivity index (χ2v) is 10.2. The Balaban J connectivity index is 1.38. The normalized spacial score (nSPS) is 19.7. The van der Waals surface area contributed by atoms with Crippen molar-refractivity contribution in [1.29, 1.82) is 0 Å². The minimum Gasteiger partial charge on any atom is -0.140 e. The molecule has 0 amide bonds. The monoisotopic (exact) mass is 404 g/mol. The first-order valence-electron chi connectivity index (χ1n) is 11.8. The van der Waals surface area contributed by atoms with E-state index in [1.165, 1.54) is 78.1 Å². The van der Waals surface area contributed by atoms with Crippen LogP contribution in [-0.4, -0.2) is 0 Å². The van der Waals surface area contributed by atoms with Crippen molar-refractivity contribution in [2.75, 3.05) is 0 Å². The van der Waals surface area contributed by atoms with Gasteiger partial charge in [-0.2, -0.15) is 0 Å². The molecular weight excluding hydrogens is 368 g/mol. The first-order chi connectivity index (χ1) is 14.2. The average molecular weight is 405 g/mol. The Morgan fingerprint density at radius 1 is 0.724 bits per heavy atom. The Morgan fingerprint density at radius 2 is 1.38 bits per heavy atom. The molecule has 29 heavy (non-hydrogen) atoms. The van der Waals surface area contributed by atoms with Crippen molar-refractivity contribution < 1.29 is 0 Å². The van der Waals surface area contributed by atoms with Gasteiger partial charge < -0.3 is 0 Å². The van der Waals surface area contributed by atoms with E-state index in [2.05, 4.69) is 73.7 Å². The molecule has 0 bridgehead atoms. The maximum Gasteiger partial charge on any atom is 0.0348 e. The first-order valence-corrected chi connectivity index (χ1v) is 12.7. The van der Waals surface area contributed by atoms with E-state index in [0.29, 0.717) is 0 Å². The van der Waals surface area contributed by atoms with Crippen molar-refractivity contribution in [2.24, 2.45) is 5.92 Å². The maximum atomic E-state index is 2.49. The molecule has 0 N–H and O–H groups in total. The SMILES string of the molecule is CCCc1ccc(CCc2ccc3cc(C4CCC(CCC)CC4)sc3c2)cc1. The number of fused-ring (bicyclic) bond motifs is 1. The molecule has 4 rings (SSSR count). The predicted molar refractivity (Wildman–Crippen MR) is 129 cm³/mol. The van der Waals surface area contributed by atoms with Crippen LogP contribution in [0.15, 0.2) is 48.5 Å². The van der Waals surface area contributed by atoms with Crippen LogP contribution < -0.4 is 0 Å². The van der Waals surface area contributed by atoms with Crippen molar-refractivity contribution in [3.8, 4) is 0 Å². The summed E-state index contributed by atoms with van der Waals surface area (Å²) in [7, 11) is 0. The molecular formula is C28H36S. The molecule has 0 unspecified atom stereocenters. The smallest absolute Gasteiger partial charge is 0.0348 e. The quantitative estimate of drug-likeness (QED) is 0.352. The van der Waals surface area contributed by atoms with Crippen LogP contribution in [0.25, 0.3) is 10.1 Å². The van der Waals surface area contributed by atoms with Crippen LogP contribution in [0.4, 0.5) is 0 Å². The lowest BCUT2D eigenvalue weighted by Crippen LogP contribution is -2.12. The van der Waals surface area contributed by atoms with E-state index < -0.39 is 0 Å². The Labute approximate surface area is 181 Å². The topological polar surface area (TPSA) is 0 Å². The van der Waals surface area contributed by atoms with Gasteiger partial charge in [0, 0.05) is 9.58 Å². The molecule has 1 heterocycles. The molecule has 1 heteroatoms. The number of aryl methyl sites for hydroxylation is 3. The lowest BCUT2D eigenvalue weighted by Gasteiger charge is -2.27. The highest BCUT2D eigenvalue weighted by molar-refractivity contribution is 7.19. The van der Waals surface area contributed by atoms with Crippen LogP contribution in [0.2, 0.25) is 0 Å². The average Bonchev–Trinajstić information content (AvgIpc) is 3.18. The van der Waals surface area contributed by atoms with Gasteiger partial charge in [0.25, 0.3) is 0 Å². The summed E-state index contributed by atoms with van der Waals surface area (Å²) < 4.78 is 1.49. The second-order valence-electron chi connectivity index (χ2n) is 9.09. The van der Waals surface area contributed by atoms with E-state index in [4.69, 9.17) is 0 Å². The van der Waals surface area contributed by atoms with Crippen molar-refractivity contribution in [2.45, 2.75) is 84.0 Å². The maximum absolute atomic E-state index is 2.49. The molecule has 1 aliphatic rings. The van der Waals surface area contributed by atoms with E-state index in [1.54, 1.807) is 4.88 Å². The minimum atomic E-state index is 0.811. The Hall–Kier alpha value is -1.60. The summed E-state index contributed by atoms with van der Waals surface area (Å²) in [5.41, 5.74) is 4.41. The third kappa shape index (κ3) is 5.31. The van der Waals surface area contributed by atoms with Crippen LogP contribution in [-0.2, 0) is 19.3 Å². The molecule has 0 nitrogen and oxygen atoms in total. The van der Waals surface area contributed by atoms with Gasteiger partial charge in [-0.25, -0.2) is 0 Å². The molecule has 1 fully saturated rings. The lowest BCUT2D eigenvalue weighted by molar-refractivity contribution is 0.310. The van der Waals surface area contributed by atoms with Gasteiger partial charge in [-0.05, 0) is 91.0 Å².